The Balaban J connectivity index is 1.18. The highest BCUT2D eigenvalue weighted by Crippen LogP contribution is 2.41. The first-order valence-corrected chi connectivity index (χ1v) is 10.5. The predicted octanol–water partition coefficient (Wildman–Crippen LogP) is 4.87. The van der Waals surface area contributed by atoms with Gasteiger partial charge in [0, 0.05) is 22.7 Å². The van der Waals surface area contributed by atoms with Crippen LogP contribution >= 0.6 is 11.3 Å². The zero-order chi connectivity index (χ0) is 19.3. The van der Waals surface area contributed by atoms with Gasteiger partial charge in [-0.05, 0) is 59.5 Å². The number of methoxy groups -OCH3 is 1. The van der Waals surface area contributed by atoms with Gasteiger partial charge in [0.2, 0.25) is 0 Å². The number of carbonyl (C=O) groups excluding carboxylic acids is 1. The molecule has 2 aromatic carbocycles. The van der Waals surface area contributed by atoms with Crippen LogP contribution in [0.25, 0.3) is 10.1 Å². The quantitative estimate of drug-likeness (QED) is 0.415. The lowest BCUT2D eigenvalue weighted by Crippen LogP contribution is -2.19. The highest BCUT2D eigenvalue weighted by atomic mass is 32.1. The number of ether oxygens (including phenoxy) is 2. The van der Waals surface area contributed by atoms with Gasteiger partial charge in [0.1, 0.15) is 0 Å². The van der Waals surface area contributed by atoms with Crippen LogP contribution in [0.1, 0.15) is 45.1 Å². The van der Waals surface area contributed by atoms with E-state index in [2.05, 4.69) is 29.6 Å². The third kappa shape index (κ3) is 4.79. The van der Waals surface area contributed by atoms with E-state index in [1.165, 1.54) is 40.5 Å². The number of esters is 1. The summed E-state index contributed by atoms with van der Waals surface area (Å²) in [5.41, 5.74) is 3.19. The maximum absolute atomic E-state index is 11.4. The van der Waals surface area contributed by atoms with Crippen molar-refractivity contribution in [2.75, 3.05) is 20.3 Å². The van der Waals surface area contributed by atoms with Crippen molar-refractivity contribution in [1.82, 2.24) is 5.32 Å². The number of hydrogen-bond acceptors (Lipinski definition) is 5. The average molecular weight is 396 g/mol. The topological polar surface area (TPSA) is 47.6 Å². The highest BCUT2D eigenvalue weighted by Gasteiger charge is 2.23. The van der Waals surface area contributed by atoms with Crippen molar-refractivity contribution in [2.24, 2.45) is 0 Å². The number of benzene rings is 2. The maximum Gasteiger partial charge on any atom is 0.337 e. The molecular formula is C23H25NO3S. The fourth-order valence-corrected chi connectivity index (χ4v) is 4.32. The Morgan fingerprint density at radius 1 is 1.14 bits per heavy atom. The standard InChI is InChI=1S/C23H25NO3S/c1-26-23(25)18-4-2-16(3-5-18)14-24-10-11-27-15-21-12-20-9-8-19(17-6-7-17)13-22(20)28-21/h2-5,8-9,12-13,17,24H,6-7,10-11,14-15H2,1H3. The van der Waals surface area contributed by atoms with Gasteiger partial charge < -0.3 is 14.8 Å². The molecule has 28 heavy (non-hydrogen) atoms. The summed E-state index contributed by atoms with van der Waals surface area (Å²) in [7, 11) is 1.39. The molecule has 4 rings (SSSR count). The van der Waals surface area contributed by atoms with E-state index in [1.54, 1.807) is 12.1 Å². The van der Waals surface area contributed by atoms with Gasteiger partial charge in [0.25, 0.3) is 0 Å². The highest BCUT2D eigenvalue weighted by molar-refractivity contribution is 7.19. The summed E-state index contributed by atoms with van der Waals surface area (Å²) in [6.07, 6.45) is 2.69. The third-order valence-electron chi connectivity index (χ3n) is 5.02. The first-order chi connectivity index (χ1) is 13.7. The van der Waals surface area contributed by atoms with Gasteiger partial charge in [-0.2, -0.15) is 0 Å². The fourth-order valence-electron chi connectivity index (χ4n) is 3.27. The summed E-state index contributed by atoms with van der Waals surface area (Å²) in [5, 5.41) is 4.69. The second kappa shape index (κ2) is 8.86. The van der Waals surface area contributed by atoms with Crippen molar-refractivity contribution in [3.63, 3.8) is 0 Å². The zero-order valence-corrected chi connectivity index (χ0v) is 16.9. The van der Waals surface area contributed by atoms with Crippen LogP contribution in [0.15, 0.2) is 48.5 Å². The van der Waals surface area contributed by atoms with Crippen LogP contribution in [-0.4, -0.2) is 26.2 Å². The largest absolute Gasteiger partial charge is 0.465 e. The molecule has 1 aliphatic carbocycles. The SMILES string of the molecule is COC(=O)c1ccc(CNCCOCc2cc3ccc(C4CC4)cc3s2)cc1. The molecule has 5 heteroatoms. The van der Waals surface area contributed by atoms with Crippen molar-refractivity contribution in [2.45, 2.75) is 31.9 Å². The Labute approximate surface area is 169 Å². The Hall–Kier alpha value is -2.21. The first kappa shape index (κ1) is 19.1. The van der Waals surface area contributed by atoms with E-state index in [-0.39, 0.29) is 5.97 Å². The predicted molar refractivity (Wildman–Crippen MR) is 113 cm³/mol. The lowest BCUT2D eigenvalue weighted by molar-refractivity contribution is 0.0600. The molecule has 0 saturated heterocycles. The van der Waals surface area contributed by atoms with E-state index in [1.807, 2.05) is 23.5 Å². The summed E-state index contributed by atoms with van der Waals surface area (Å²) < 4.78 is 11.9. The van der Waals surface area contributed by atoms with Crippen molar-refractivity contribution >= 4 is 27.4 Å². The van der Waals surface area contributed by atoms with Gasteiger partial charge in [-0.25, -0.2) is 4.79 Å². The molecule has 146 valence electrons. The molecule has 1 aromatic heterocycles. The Morgan fingerprint density at radius 3 is 2.71 bits per heavy atom. The van der Waals surface area contributed by atoms with Crippen molar-refractivity contribution in [1.29, 1.82) is 0 Å². The summed E-state index contributed by atoms with van der Waals surface area (Å²) in [4.78, 5) is 12.7. The molecule has 4 nitrogen and oxygen atoms in total. The summed E-state index contributed by atoms with van der Waals surface area (Å²) in [6.45, 7) is 2.86. The number of carbonyl (C=O) groups is 1. The van der Waals surface area contributed by atoms with Gasteiger partial charge in [0.05, 0.1) is 25.9 Å². The Bertz CT molecular complexity index is 944. The fraction of sp³-hybridized carbons (Fsp3) is 0.348. The monoisotopic (exact) mass is 395 g/mol. The molecular weight excluding hydrogens is 370 g/mol. The van der Waals surface area contributed by atoms with Crippen molar-refractivity contribution in [3.05, 3.63) is 70.1 Å². The van der Waals surface area contributed by atoms with Crippen LogP contribution in [0, 0.1) is 0 Å². The zero-order valence-electron chi connectivity index (χ0n) is 16.1. The van der Waals surface area contributed by atoms with E-state index in [0.717, 1.165) is 24.6 Å². The van der Waals surface area contributed by atoms with E-state index >= 15 is 0 Å². The van der Waals surface area contributed by atoms with Crippen LogP contribution in [0.3, 0.4) is 0 Å². The van der Waals surface area contributed by atoms with Crippen LogP contribution in [0.5, 0.6) is 0 Å². The normalized spacial score (nSPS) is 13.8. The number of thiophene rings is 1. The third-order valence-corrected chi connectivity index (χ3v) is 6.09. The second-order valence-electron chi connectivity index (χ2n) is 7.20. The molecule has 0 radical (unpaired) electrons. The van der Waals surface area contributed by atoms with Gasteiger partial charge in [-0.3, -0.25) is 0 Å². The minimum Gasteiger partial charge on any atom is -0.465 e. The first-order valence-electron chi connectivity index (χ1n) is 9.71. The minimum absolute atomic E-state index is 0.307. The lowest BCUT2D eigenvalue weighted by atomic mass is 10.1. The molecule has 0 spiro atoms. The molecule has 0 atom stereocenters. The average Bonchev–Trinajstić information content (AvgIpc) is 3.50. The van der Waals surface area contributed by atoms with E-state index in [0.29, 0.717) is 18.8 Å². The van der Waals surface area contributed by atoms with Crippen LogP contribution in [0.4, 0.5) is 0 Å². The molecule has 3 aromatic rings. The molecule has 1 N–H and O–H groups in total. The minimum atomic E-state index is -0.307. The van der Waals surface area contributed by atoms with Crippen molar-refractivity contribution < 1.29 is 14.3 Å². The number of hydrogen-bond donors (Lipinski definition) is 1. The second-order valence-corrected chi connectivity index (χ2v) is 8.37. The summed E-state index contributed by atoms with van der Waals surface area (Å²) >= 11 is 1.84. The molecule has 0 aliphatic heterocycles. The molecule has 0 amide bonds. The molecule has 0 unspecified atom stereocenters. The van der Waals surface area contributed by atoms with Gasteiger partial charge in [-0.1, -0.05) is 24.3 Å². The van der Waals surface area contributed by atoms with E-state index in [4.69, 9.17) is 9.47 Å². The number of nitrogens with one attached hydrogen (secondary N) is 1. The smallest absolute Gasteiger partial charge is 0.337 e. The molecule has 0 bridgehead atoms. The van der Waals surface area contributed by atoms with Gasteiger partial charge in [-0.15, -0.1) is 11.3 Å². The van der Waals surface area contributed by atoms with E-state index in [9.17, 15) is 4.79 Å². The van der Waals surface area contributed by atoms with Crippen LogP contribution in [-0.2, 0) is 22.6 Å². The number of rotatable bonds is 9. The van der Waals surface area contributed by atoms with Gasteiger partial charge >= 0.3 is 5.97 Å². The van der Waals surface area contributed by atoms with Crippen LogP contribution < -0.4 is 5.32 Å². The molecule has 1 saturated carbocycles. The Kier molecular flexibility index (Phi) is 6.05. The molecule has 1 fully saturated rings. The van der Waals surface area contributed by atoms with E-state index < -0.39 is 0 Å². The Morgan fingerprint density at radius 2 is 1.96 bits per heavy atom. The maximum atomic E-state index is 11.4. The van der Waals surface area contributed by atoms with Crippen LogP contribution in [0.2, 0.25) is 0 Å². The molecule has 1 aliphatic rings. The van der Waals surface area contributed by atoms with Gasteiger partial charge in [0.15, 0.2) is 0 Å². The summed E-state index contributed by atoms with van der Waals surface area (Å²) in [5.74, 6) is 0.492. The summed E-state index contributed by atoms with van der Waals surface area (Å²) in [6, 6.07) is 16.6. The van der Waals surface area contributed by atoms with Crippen molar-refractivity contribution in [3.8, 4) is 0 Å². The number of fused-ring (bicyclic) bond motifs is 1. The molecule has 1 heterocycles. The lowest BCUT2D eigenvalue weighted by Gasteiger charge is -2.06.